The minimum Gasteiger partial charge on any atom is -0.493 e. The van der Waals surface area contributed by atoms with E-state index in [9.17, 15) is 20.0 Å². The van der Waals surface area contributed by atoms with E-state index < -0.39 is 5.56 Å². The van der Waals surface area contributed by atoms with Crippen molar-refractivity contribution < 1.29 is 9.90 Å². The number of aromatic hydroxyl groups is 1. The summed E-state index contributed by atoms with van der Waals surface area (Å²) < 4.78 is 0.950. The molecule has 0 unspecified atom stereocenters. The van der Waals surface area contributed by atoms with Crippen molar-refractivity contribution in [3.63, 3.8) is 0 Å². The molecule has 1 aromatic heterocycles. The maximum absolute atomic E-state index is 12.7. The highest BCUT2D eigenvalue weighted by Crippen LogP contribution is 2.31. The van der Waals surface area contributed by atoms with Crippen molar-refractivity contribution in [2.75, 3.05) is 0 Å². The maximum Gasteiger partial charge on any atom is 0.271 e. The summed E-state index contributed by atoms with van der Waals surface area (Å²) in [4.78, 5) is 24.8. The number of azo groups is 1. The highest BCUT2D eigenvalue weighted by Gasteiger charge is 2.17. The maximum atomic E-state index is 12.7. The number of pyridine rings is 1. The predicted octanol–water partition coefficient (Wildman–Crippen LogP) is 4.53. The number of hydrogen-bond acceptors (Lipinski definition) is 6. The van der Waals surface area contributed by atoms with Crippen molar-refractivity contribution in [2.24, 2.45) is 17.3 Å². The van der Waals surface area contributed by atoms with E-state index in [1.165, 1.54) is 14.0 Å². The number of aromatic nitrogens is 1. The highest BCUT2D eigenvalue weighted by molar-refractivity contribution is 6.10. The van der Waals surface area contributed by atoms with E-state index in [2.05, 4.69) is 10.2 Å². The molecule has 150 valence electrons. The average molecular weight is 400 g/mol. The molecule has 7 nitrogen and oxygen atoms in total. The molecule has 0 aliphatic rings. The molecular weight excluding hydrogens is 380 g/mol. The van der Waals surface area contributed by atoms with Crippen LogP contribution in [-0.2, 0) is 7.05 Å². The number of hydrogen-bond donors (Lipinski definition) is 1. The Morgan fingerprint density at radius 3 is 2.33 bits per heavy atom. The van der Waals surface area contributed by atoms with Gasteiger partial charge in [-0.05, 0) is 50.6 Å². The van der Waals surface area contributed by atoms with E-state index in [0.29, 0.717) is 16.8 Å². The van der Waals surface area contributed by atoms with Crippen LogP contribution in [-0.4, -0.2) is 15.5 Å². The van der Waals surface area contributed by atoms with E-state index in [1.54, 1.807) is 24.3 Å². The molecule has 1 heterocycles. The van der Waals surface area contributed by atoms with E-state index in [0.717, 1.165) is 15.7 Å². The Labute approximate surface area is 173 Å². The Kier molecular flexibility index (Phi) is 5.61. The molecule has 7 heteroatoms. The second kappa shape index (κ2) is 8.13. The largest absolute Gasteiger partial charge is 0.493 e. The second-order valence-electron chi connectivity index (χ2n) is 7.04. The molecular formula is C23H20N4O3. The fourth-order valence-electron chi connectivity index (χ4n) is 3.13. The van der Waals surface area contributed by atoms with E-state index in [1.807, 2.05) is 38.1 Å². The van der Waals surface area contributed by atoms with Crippen molar-refractivity contribution in [3.8, 4) is 11.9 Å². The molecule has 1 N–H and O–H groups in total. The summed E-state index contributed by atoms with van der Waals surface area (Å²) in [6.07, 6.45) is 0. The molecule has 0 fully saturated rings. The molecule has 0 radical (unpaired) electrons. The van der Waals surface area contributed by atoms with Gasteiger partial charge in [-0.25, -0.2) is 0 Å². The summed E-state index contributed by atoms with van der Waals surface area (Å²) >= 11 is 0. The number of rotatable bonds is 4. The lowest BCUT2D eigenvalue weighted by Gasteiger charge is -2.08. The Bertz CT molecular complexity index is 1280. The minimum atomic E-state index is -0.597. The third-order valence-corrected chi connectivity index (χ3v) is 4.91. The van der Waals surface area contributed by atoms with Crippen molar-refractivity contribution >= 4 is 17.2 Å². The Balaban J connectivity index is 1.91. The number of aryl methyl sites for hydroxylation is 2. The zero-order valence-electron chi connectivity index (χ0n) is 17.1. The van der Waals surface area contributed by atoms with Crippen molar-refractivity contribution in [3.05, 3.63) is 86.2 Å². The number of nitrogens with zero attached hydrogens (tertiary/aromatic N) is 4. The van der Waals surface area contributed by atoms with E-state index in [4.69, 9.17) is 0 Å². The van der Waals surface area contributed by atoms with E-state index >= 15 is 0 Å². The number of carbonyl (C=O) groups excluding carboxylic acids is 1. The van der Waals surface area contributed by atoms with Crippen LogP contribution in [0.4, 0.5) is 11.4 Å². The van der Waals surface area contributed by atoms with Crippen LogP contribution in [0.2, 0.25) is 0 Å². The Morgan fingerprint density at radius 1 is 1.07 bits per heavy atom. The third-order valence-electron chi connectivity index (χ3n) is 4.91. The molecule has 0 saturated heterocycles. The monoisotopic (exact) mass is 400 g/mol. The van der Waals surface area contributed by atoms with Crippen LogP contribution in [0.1, 0.15) is 38.2 Å². The molecule has 2 aromatic carbocycles. The summed E-state index contributed by atoms with van der Waals surface area (Å²) in [5.41, 5.74) is 3.23. The van der Waals surface area contributed by atoms with Gasteiger partial charge in [-0.1, -0.05) is 23.8 Å². The van der Waals surface area contributed by atoms with Crippen LogP contribution in [0.15, 0.2) is 57.5 Å². The van der Waals surface area contributed by atoms with Crippen LogP contribution in [0.3, 0.4) is 0 Å². The Hall–Kier alpha value is -4.05. The van der Waals surface area contributed by atoms with Crippen molar-refractivity contribution in [1.82, 2.24) is 4.57 Å². The number of benzene rings is 2. The lowest BCUT2D eigenvalue weighted by Crippen LogP contribution is -2.20. The topological polar surface area (TPSA) is 108 Å². The molecule has 0 atom stereocenters. The van der Waals surface area contributed by atoms with Gasteiger partial charge in [-0.3, -0.25) is 14.2 Å². The number of ketones is 1. The fraction of sp³-hybridized carbons (Fsp3) is 0.174. The van der Waals surface area contributed by atoms with Crippen molar-refractivity contribution in [2.45, 2.75) is 20.8 Å². The van der Waals surface area contributed by atoms with Crippen LogP contribution < -0.4 is 5.56 Å². The zero-order valence-corrected chi connectivity index (χ0v) is 17.1. The number of carbonyl (C=O) groups is 1. The summed E-state index contributed by atoms with van der Waals surface area (Å²) in [5, 5.41) is 27.5. The van der Waals surface area contributed by atoms with Gasteiger partial charge in [0.1, 0.15) is 11.6 Å². The molecule has 0 amide bonds. The summed E-state index contributed by atoms with van der Waals surface area (Å²) in [5.74, 6) is -0.455. The fourth-order valence-corrected chi connectivity index (χ4v) is 3.13. The van der Waals surface area contributed by atoms with E-state index in [-0.39, 0.29) is 28.5 Å². The van der Waals surface area contributed by atoms with Gasteiger partial charge in [0.05, 0.1) is 5.69 Å². The standard InChI is InChI=1S/C23H20N4O3/c1-13-5-10-18(14(2)11-13)21(28)16-6-8-17(9-7-16)25-26-20-15(3)19(12-24)22(29)27(4)23(20)30/h5-11,30H,1-4H3. The SMILES string of the molecule is Cc1ccc(C(=O)c2ccc(N=Nc3c(C)c(C#N)c(=O)n(C)c3O)cc2)c(C)c1. The van der Waals surface area contributed by atoms with Gasteiger partial charge in [0.2, 0.25) is 5.88 Å². The first-order chi connectivity index (χ1) is 14.2. The van der Waals surface area contributed by atoms with Gasteiger partial charge in [-0.15, -0.1) is 5.11 Å². The summed E-state index contributed by atoms with van der Waals surface area (Å²) in [7, 11) is 1.35. The highest BCUT2D eigenvalue weighted by atomic mass is 16.3. The quantitative estimate of drug-likeness (QED) is 0.512. The van der Waals surface area contributed by atoms with Gasteiger partial charge in [0.25, 0.3) is 5.56 Å². The van der Waals surface area contributed by atoms with Gasteiger partial charge in [0, 0.05) is 23.7 Å². The van der Waals surface area contributed by atoms with Gasteiger partial charge in [-0.2, -0.15) is 10.4 Å². The molecule has 30 heavy (non-hydrogen) atoms. The minimum absolute atomic E-state index is 0.0454. The zero-order chi connectivity index (χ0) is 22.0. The molecule has 3 aromatic rings. The van der Waals surface area contributed by atoms with Gasteiger partial charge >= 0.3 is 0 Å². The molecule has 3 rings (SSSR count). The molecule has 0 bridgehead atoms. The molecule has 0 aliphatic heterocycles. The lowest BCUT2D eigenvalue weighted by atomic mass is 9.97. The smallest absolute Gasteiger partial charge is 0.271 e. The first kappa shape index (κ1) is 20.7. The second-order valence-corrected chi connectivity index (χ2v) is 7.04. The predicted molar refractivity (Wildman–Crippen MR) is 113 cm³/mol. The van der Waals surface area contributed by atoms with Crippen LogP contribution in [0, 0.1) is 32.1 Å². The molecule has 0 spiro atoms. The van der Waals surface area contributed by atoms with Crippen LogP contribution >= 0.6 is 0 Å². The van der Waals surface area contributed by atoms with Gasteiger partial charge in [0.15, 0.2) is 11.5 Å². The van der Waals surface area contributed by atoms with Crippen LogP contribution in [0.25, 0.3) is 0 Å². The lowest BCUT2D eigenvalue weighted by molar-refractivity contribution is 0.103. The van der Waals surface area contributed by atoms with Crippen molar-refractivity contribution in [1.29, 1.82) is 5.26 Å². The Morgan fingerprint density at radius 2 is 1.73 bits per heavy atom. The average Bonchev–Trinajstić information content (AvgIpc) is 2.72. The third kappa shape index (κ3) is 3.76. The first-order valence-electron chi connectivity index (χ1n) is 9.21. The first-order valence-corrected chi connectivity index (χ1v) is 9.21. The summed E-state index contributed by atoms with van der Waals surface area (Å²) in [6, 6.07) is 14.1. The normalized spacial score (nSPS) is 10.9. The number of nitriles is 1. The van der Waals surface area contributed by atoms with Crippen LogP contribution in [0.5, 0.6) is 5.88 Å². The molecule has 0 saturated carbocycles. The summed E-state index contributed by atoms with van der Waals surface area (Å²) in [6.45, 7) is 5.41. The van der Waals surface area contributed by atoms with Gasteiger partial charge < -0.3 is 5.11 Å². The molecule has 0 aliphatic carbocycles.